The summed E-state index contributed by atoms with van der Waals surface area (Å²) in [5.41, 5.74) is 0.844. The minimum Gasteiger partial charge on any atom is -0.368 e. The summed E-state index contributed by atoms with van der Waals surface area (Å²) in [5.74, 6) is -0.0855. The first kappa shape index (κ1) is 13.8. The lowest BCUT2D eigenvalue weighted by Gasteiger charge is -2.22. The quantitative estimate of drug-likeness (QED) is 0.808. The molecule has 0 aliphatic carbocycles. The molecular formula is C13H17IN2O2. The Labute approximate surface area is 121 Å². The molecule has 2 N–H and O–H groups in total. The number of halogens is 1. The van der Waals surface area contributed by atoms with E-state index < -0.39 is 0 Å². The van der Waals surface area contributed by atoms with E-state index in [9.17, 15) is 4.79 Å². The maximum Gasteiger partial charge on any atom is 0.250 e. The van der Waals surface area contributed by atoms with Crippen molar-refractivity contribution >= 4 is 34.2 Å². The number of carbonyl (C=O) groups is 1. The van der Waals surface area contributed by atoms with Gasteiger partial charge < -0.3 is 15.4 Å². The second-order valence-electron chi connectivity index (χ2n) is 4.29. The molecule has 0 atom stereocenters. The van der Waals surface area contributed by atoms with Crippen LogP contribution in [0.5, 0.6) is 0 Å². The van der Waals surface area contributed by atoms with Gasteiger partial charge in [-0.2, -0.15) is 0 Å². The number of para-hydroxylation sites is 1. The molecule has 1 aliphatic rings. The predicted octanol–water partition coefficient (Wildman–Crippen LogP) is 2.00. The minimum absolute atomic E-state index is 0.0855. The molecule has 1 saturated heterocycles. The molecule has 5 heteroatoms. The van der Waals surface area contributed by atoms with Gasteiger partial charge in [-0.1, -0.05) is 12.1 Å². The van der Waals surface area contributed by atoms with E-state index in [0.29, 0.717) is 0 Å². The third-order valence-corrected chi connectivity index (χ3v) is 3.82. The van der Waals surface area contributed by atoms with Crippen molar-refractivity contribution in [2.45, 2.75) is 18.9 Å². The molecule has 1 amide bonds. The standard InChI is InChI=1S/C13H17IN2O2/c14-11-3-1-2-4-12(11)16-13(17)9-18-10-5-7-15-8-6-10/h1-4,10,15H,5-9H2,(H,16,17). The topological polar surface area (TPSA) is 50.4 Å². The molecule has 0 bridgehead atoms. The monoisotopic (exact) mass is 360 g/mol. The minimum atomic E-state index is -0.0855. The SMILES string of the molecule is O=C(COC1CCNCC1)Nc1ccccc1I. The summed E-state index contributed by atoms with van der Waals surface area (Å²) in [5, 5.41) is 6.13. The number of amides is 1. The summed E-state index contributed by atoms with van der Waals surface area (Å²) in [7, 11) is 0. The van der Waals surface area contributed by atoms with Gasteiger partial charge in [-0.3, -0.25) is 4.79 Å². The summed E-state index contributed by atoms with van der Waals surface area (Å²) in [4.78, 5) is 11.8. The summed E-state index contributed by atoms with van der Waals surface area (Å²) in [6, 6.07) is 7.71. The third-order valence-electron chi connectivity index (χ3n) is 2.88. The highest BCUT2D eigenvalue weighted by molar-refractivity contribution is 14.1. The predicted molar refractivity (Wildman–Crippen MR) is 79.6 cm³/mol. The average Bonchev–Trinajstić information content (AvgIpc) is 2.40. The Morgan fingerprint density at radius 1 is 1.39 bits per heavy atom. The Balaban J connectivity index is 1.76. The van der Waals surface area contributed by atoms with Crippen molar-refractivity contribution in [1.82, 2.24) is 5.32 Å². The van der Waals surface area contributed by atoms with Gasteiger partial charge in [-0.25, -0.2) is 0 Å². The van der Waals surface area contributed by atoms with Crippen molar-refractivity contribution in [2.75, 3.05) is 25.0 Å². The first-order chi connectivity index (χ1) is 8.75. The maximum absolute atomic E-state index is 11.8. The van der Waals surface area contributed by atoms with E-state index in [2.05, 4.69) is 33.2 Å². The number of nitrogens with one attached hydrogen (secondary N) is 2. The lowest BCUT2D eigenvalue weighted by molar-refractivity contribution is -0.123. The van der Waals surface area contributed by atoms with Crippen molar-refractivity contribution in [1.29, 1.82) is 0 Å². The molecule has 1 aliphatic heterocycles. The first-order valence-electron chi connectivity index (χ1n) is 6.12. The van der Waals surface area contributed by atoms with Gasteiger partial charge in [0.05, 0.1) is 11.8 Å². The van der Waals surface area contributed by atoms with Crippen LogP contribution in [0.25, 0.3) is 0 Å². The molecular weight excluding hydrogens is 343 g/mol. The molecule has 0 spiro atoms. The van der Waals surface area contributed by atoms with E-state index in [1.165, 1.54) is 0 Å². The Hall–Kier alpha value is -0.660. The number of anilines is 1. The highest BCUT2D eigenvalue weighted by Crippen LogP contribution is 2.16. The first-order valence-corrected chi connectivity index (χ1v) is 7.20. The second-order valence-corrected chi connectivity index (χ2v) is 5.45. The van der Waals surface area contributed by atoms with Crippen molar-refractivity contribution in [3.8, 4) is 0 Å². The van der Waals surface area contributed by atoms with Crippen molar-refractivity contribution in [2.24, 2.45) is 0 Å². The Morgan fingerprint density at radius 2 is 2.11 bits per heavy atom. The molecule has 1 heterocycles. The third kappa shape index (κ3) is 4.22. The number of hydrogen-bond donors (Lipinski definition) is 2. The van der Waals surface area contributed by atoms with E-state index >= 15 is 0 Å². The Morgan fingerprint density at radius 3 is 2.83 bits per heavy atom. The molecule has 18 heavy (non-hydrogen) atoms. The van der Waals surface area contributed by atoms with Gasteiger partial charge in [0.2, 0.25) is 5.91 Å². The van der Waals surface area contributed by atoms with Crippen LogP contribution in [0.15, 0.2) is 24.3 Å². The van der Waals surface area contributed by atoms with Gasteiger partial charge in [0.15, 0.2) is 0 Å². The lowest BCUT2D eigenvalue weighted by atomic mass is 10.1. The summed E-state index contributed by atoms with van der Waals surface area (Å²) >= 11 is 2.20. The van der Waals surface area contributed by atoms with E-state index in [1.54, 1.807) is 0 Å². The highest BCUT2D eigenvalue weighted by Gasteiger charge is 2.15. The maximum atomic E-state index is 11.8. The van der Waals surface area contributed by atoms with E-state index in [1.807, 2.05) is 24.3 Å². The van der Waals surface area contributed by atoms with E-state index in [0.717, 1.165) is 35.2 Å². The Kier molecular flexibility index (Phi) is 5.40. The van der Waals surface area contributed by atoms with Gasteiger partial charge in [0, 0.05) is 3.57 Å². The molecule has 1 aromatic carbocycles. The molecule has 1 aromatic rings. The fourth-order valence-electron chi connectivity index (χ4n) is 1.90. The smallest absolute Gasteiger partial charge is 0.250 e. The van der Waals surface area contributed by atoms with Crippen LogP contribution in [0.2, 0.25) is 0 Å². The average molecular weight is 360 g/mol. The van der Waals surface area contributed by atoms with Gasteiger partial charge in [-0.05, 0) is 60.7 Å². The largest absolute Gasteiger partial charge is 0.368 e. The lowest BCUT2D eigenvalue weighted by Crippen LogP contribution is -2.34. The molecule has 0 radical (unpaired) electrons. The van der Waals surface area contributed by atoms with Crippen LogP contribution >= 0.6 is 22.6 Å². The zero-order valence-electron chi connectivity index (χ0n) is 10.1. The van der Waals surface area contributed by atoms with Crippen molar-refractivity contribution in [3.05, 3.63) is 27.8 Å². The molecule has 0 unspecified atom stereocenters. The number of ether oxygens (including phenoxy) is 1. The number of carbonyl (C=O) groups excluding carboxylic acids is 1. The van der Waals surface area contributed by atoms with Crippen LogP contribution in [-0.4, -0.2) is 31.7 Å². The normalized spacial score (nSPS) is 16.5. The molecule has 0 saturated carbocycles. The van der Waals surface area contributed by atoms with Crippen molar-refractivity contribution < 1.29 is 9.53 Å². The molecule has 4 nitrogen and oxygen atoms in total. The van der Waals surface area contributed by atoms with Crippen LogP contribution in [0.1, 0.15) is 12.8 Å². The van der Waals surface area contributed by atoms with E-state index in [-0.39, 0.29) is 18.6 Å². The van der Waals surface area contributed by atoms with Crippen LogP contribution in [0.3, 0.4) is 0 Å². The zero-order chi connectivity index (χ0) is 12.8. The second kappa shape index (κ2) is 7.06. The number of piperidine rings is 1. The highest BCUT2D eigenvalue weighted by atomic mass is 127. The van der Waals surface area contributed by atoms with Gasteiger partial charge >= 0.3 is 0 Å². The van der Waals surface area contributed by atoms with Crippen LogP contribution < -0.4 is 10.6 Å². The van der Waals surface area contributed by atoms with Crippen LogP contribution in [0, 0.1) is 3.57 Å². The molecule has 2 rings (SSSR count). The molecule has 0 aromatic heterocycles. The Bertz CT molecular complexity index is 406. The van der Waals surface area contributed by atoms with Crippen molar-refractivity contribution in [3.63, 3.8) is 0 Å². The zero-order valence-corrected chi connectivity index (χ0v) is 12.3. The number of rotatable bonds is 4. The summed E-state index contributed by atoms with van der Waals surface area (Å²) < 4.78 is 6.64. The van der Waals surface area contributed by atoms with Gasteiger partial charge in [-0.15, -0.1) is 0 Å². The van der Waals surface area contributed by atoms with Gasteiger partial charge in [0.25, 0.3) is 0 Å². The number of hydrogen-bond acceptors (Lipinski definition) is 3. The molecule has 1 fully saturated rings. The van der Waals surface area contributed by atoms with Crippen LogP contribution in [0.4, 0.5) is 5.69 Å². The van der Waals surface area contributed by atoms with Gasteiger partial charge in [0.1, 0.15) is 6.61 Å². The summed E-state index contributed by atoms with van der Waals surface area (Å²) in [6.07, 6.45) is 2.18. The number of benzene rings is 1. The fraction of sp³-hybridized carbons (Fsp3) is 0.462. The molecule has 98 valence electrons. The fourth-order valence-corrected chi connectivity index (χ4v) is 2.43. The summed E-state index contributed by atoms with van der Waals surface area (Å²) in [6.45, 7) is 2.08. The van der Waals surface area contributed by atoms with E-state index in [4.69, 9.17) is 4.74 Å². The van der Waals surface area contributed by atoms with Crippen LogP contribution in [-0.2, 0) is 9.53 Å².